The Hall–Kier alpha value is -1.10. The van der Waals surface area contributed by atoms with E-state index in [2.05, 4.69) is 32.2 Å². The van der Waals surface area contributed by atoms with E-state index in [1.807, 2.05) is 0 Å². The van der Waals surface area contributed by atoms with Gasteiger partial charge in [0.1, 0.15) is 5.75 Å². The molecule has 0 aliphatic carbocycles. The topological polar surface area (TPSA) is 61.7 Å². The zero-order chi connectivity index (χ0) is 14.4. The quantitative estimate of drug-likeness (QED) is 0.648. The van der Waals surface area contributed by atoms with Gasteiger partial charge >= 0.3 is 0 Å². The Morgan fingerprint density at radius 2 is 1.95 bits per heavy atom. The first-order valence-corrected chi connectivity index (χ1v) is 6.64. The molecule has 1 unspecified atom stereocenters. The van der Waals surface area contributed by atoms with Crippen LogP contribution in [0.1, 0.15) is 22.3 Å². The Morgan fingerprint density at radius 3 is 2.53 bits per heavy atom. The first-order chi connectivity index (χ1) is 9.01. The van der Waals surface area contributed by atoms with Crippen LogP contribution in [0.25, 0.3) is 0 Å². The molecule has 19 heavy (non-hydrogen) atoms. The third kappa shape index (κ3) is 4.20. The number of benzene rings is 1. The molecule has 0 fully saturated rings. The summed E-state index contributed by atoms with van der Waals surface area (Å²) >= 11 is 0. The number of methoxy groups -OCH3 is 1. The molecule has 4 heteroatoms. The molecule has 0 amide bonds. The SMILES string of the molecule is COc1c(C)cc(CCNCC(O)CO)c(C)c1C. The molecule has 1 aromatic carbocycles. The van der Waals surface area contributed by atoms with Crippen molar-refractivity contribution in [2.45, 2.75) is 33.3 Å². The lowest BCUT2D eigenvalue weighted by molar-refractivity contribution is 0.0947. The van der Waals surface area contributed by atoms with E-state index < -0.39 is 6.10 Å². The average molecular weight is 267 g/mol. The number of aliphatic hydroxyl groups excluding tert-OH is 2. The van der Waals surface area contributed by atoms with E-state index >= 15 is 0 Å². The molecule has 1 aromatic rings. The lowest BCUT2D eigenvalue weighted by Crippen LogP contribution is -2.30. The van der Waals surface area contributed by atoms with Crippen molar-refractivity contribution in [3.05, 3.63) is 28.3 Å². The maximum Gasteiger partial charge on any atom is 0.124 e. The Morgan fingerprint density at radius 1 is 1.26 bits per heavy atom. The third-order valence-corrected chi connectivity index (χ3v) is 3.50. The monoisotopic (exact) mass is 267 g/mol. The van der Waals surface area contributed by atoms with E-state index in [1.54, 1.807) is 7.11 Å². The van der Waals surface area contributed by atoms with Gasteiger partial charge < -0.3 is 20.3 Å². The fourth-order valence-electron chi connectivity index (χ4n) is 2.27. The Kier molecular flexibility index (Phi) is 6.28. The first-order valence-electron chi connectivity index (χ1n) is 6.64. The van der Waals surface area contributed by atoms with E-state index in [4.69, 9.17) is 9.84 Å². The van der Waals surface area contributed by atoms with Gasteiger partial charge in [-0.2, -0.15) is 0 Å². The second-order valence-corrected chi connectivity index (χ2v) is 4.93. The van der Waals surface area contributed by atoms with Gasteiger partial charge in [-0.3, -0.25) is 0 Å². The number of hydrogen-bond donors (Lipinski definition) is 3. The van der Waals surface area contributed by atoms with Crippen LogP contribution in [-0.2, 0) is 6.42 Å². The van der Waals surface area contributed by atoms with Crippen molar-refractivity contribution in [1.82, 2.24) is 5.32 Å². The molecule has 0 aromatic heterocycles. The summed E-state index contributed by atoms with van der Waals surface area (Å²) in [6.07, 6.45) is 0.218. The number of aliphatic hydroxyl groups is 2. The lowest BCUT2D eigenvalue weighted by atomic mass is 9.96. The summed E-state index contributed by atoms with van der Waals surface area (Å²) < 4.78 is 5.41. The summed E-state index contributed by atoms with van der Waals surface area (Å²) in [6.45, 7) is 7.24. The molecule has 1 atom stereocenters. The molecular formula is C15H25NO3. The van der Waals surface area contributed by atoms with Crippen molar-refractivity contribution in [3.63, 3.8) is 0 Å². The minimum atomic E-state index is -0.680. The smallest absolute Gasteiger partial charge is 0.124 e. The lowest BCUT2D eigenvalue weighted by Gasteiger charge is -2.16. The summed E-state index contributed by atoms with van der Waals surface area (Å²) in [5.41, 5.74) is 4.89. The summed E-state index contributed by atoms with van der Waals surface area (Å²) in [4.78, 5) is 0. The molecule has 0 heterocycles. The van der Waals surface area contributed by atoms with E-state index in [9.17, 15) is 5.11 Å². The molecule has 108 valence electrons. The van der Waals surface area contributed by atoms with E-state index in [0.29, 0.717) is 6.54 Å². The molecular weight excluding hydrogens is 242 g/mol. The highest BCUT2D eigenvalue weighted by Gasteiger charge is 2.10. The van der Waals surface area contributed by atoms with Crippen molar-refractivity contribution in [2.75, 3.05) is 26.8 Å². The number of hydrogen-bond acceptors (Lipinski definition) is 4. The van der Waals surface area contributed by atoms with Gasteiger partial charge in [-0.05, 0) is 56.0 Å². The molecule has 0 saturated carbocycles. The Labute approximate surface area is 115 Å². The normalized spacial score (nSPS) is 12.5. The Balaban J connectivity index is 2.64. The maximum absolute atomic E-state index is 9.24. The fraction of sp³-hybridized carbons (Fsp3) is 0.600. The van der Waals surface area contributed by atoms with Crippen LogP contribution in [0.5, 0.6) is 5.75 Å². The van der Waals surface area contributed by atoms with Crippen molar-refractivity contribution in [1.29, 1.82) is 0 Å². The molecule has 4 nitrogen and oxygen atoms in total. The van der Waals surface area contributed by atoms with Gasteiger partial charge in [0.2, 0.25) is 0 Å². The third-order valence-electron chi connectivity index (χ3n) is 3.50. The van der Waals surface area contributed by atoms with Crippen LogP contribution in [0.2, 0.25) is 0 Å². The molecule has 1 rings (SSSR count). The predicted molar refractivity (Wildman–Crippen MR) is 76.9 cm³/mol. The predicted octanol–water partition coefficient (Wildman–Crippen LogP) is 1.11. The number of aryl methyl sites for hydroxylation is 1. The van der Waals surface area contributed by atoms with Crippen LogP contribution >= 0.6 is 0 Å². The molecule has 0 radical (unpaired) electrons. The first kappa shape index (κ1) is 16.0. The van der Waals surface area contributed by atoms with Crippen molar-refractivity contribution < 1.29 is 14.9 Å². The average Bonchev–Trinajstić information content (AvgIpc) is 2.40. The fourth-order valence-corrected chi connectivity index (χ4v) is 2.27. The highest BCUT2D eigenvalue weighted by molar-refractivity contribution is 5.49. The van der Waals surface area contributed by atoms with Crippen LogP contribution < -0.4 is 10.1 Å². The van der Waals surface area contributed by atoms with E-state index in [0.717, 1.165) is 24.3 Å². The van der Waals surface area contributed by atoms with Gasteiger partial charge in [-0.25, -0.2) is 0 Å². The second kappa shape index (κ2) is 7.48. The molecule has 0 aliphatic rings. The summed E-state index contributed by atoms with van der Waals surface area (Å²) in [5.74, 6) is 0.963. The molecule has 0 saturated heterocycles. The zero-order valence-corrected chi connectivity index (χ0v) is 12.3. The van der Waals surface area contributed by atoms with Crippen molar-refractivity contribution >= 4 is 0 Å². The highest BCUT2D eigenvalue weighted by Crippen LogP contribution is 2.28. The van der Waals surface area contributed by atoms with Gasteiger partial charge in [-0.15, -0.1) is 0 Å². The van der Waals surface area contributed by atoms with E-state index in [1.165, 1.54) is 16.7 Å². The van der Waals surface area contributed by atoms with Crippen molar-refractivity contribution in [2.24, 2.45) is 0 Å². The van der Waals surface area contributed by atoms with Gasteiger partial charge in [-0.1, -0.05) is 6.07 Å². The van der Waals surface area contributed by atoms with Gasteiger partial charge in [0.05, 0.1) is 19.8 Å². The highest BCUT2D eigenvalue weighted by atomic mass is 16.5. The minimum Gasteiger partial charge on any atom is -0.496 e. The van der Waals surface area contributed by atoms with Crippen LogP contribution in [0.4, 0.5) is 0 Å². The number of rotatable bonds is 7. The van der Waals surface area contributed by atoms with Gasteiger partial charge in [0.25, 0.3) is 0 Å². The molecule has 0 bridgehead atoms. The van der Waals surface area contributed by atoms with Crippen LogP contribution in [0.15, 0.2) is 6.07 Å². The molecule has 0 spiro atoms. The number of ether oxygens (including phenoxy) is 1. The standard InChI is InChI=1S/C15H25NO3/c1-10-7-13(5-6-16-8-14(18)9-17)11(2)12(3)15(10)19-4/h7,14,16-18H,5-6,8-9H2,1-4H3. The summed E-state index contributed by atoms with van der Waals surface area (Å²) in [6, 6.07) is 2.16. The van der Waals surface area contributed by atoms with Crippen LogP contribution in [-0.4, -0.2) is 43.1 Å². The van der Waals surface area contributed by atoms with Crippen molar-refractivity contribution in [3.8, 4) is 5.75 Å². The summed E-state index contributed by atoms with van der Waals surface area (Å²) in [5, 5.41) is 21.1. The summed E-state index contributed by atoms with van der Waals surface area (Å²) in [7, 11) is 1.70. The number of nitrogens with one attached hydrogen (secondary N) is 1. The van der Waals surface area contributed by atoms with Crippen LogP contribution in [0.3, 0.4) is 0 Å². The Bertz CT molecular complexity index is 418. The molecule has 3 N–H and O–H groups in total. The zero-order valence-electron chi connectivity index (χ0n) is 12.3. The van der Waals surface area contributed by atoms with Gasteiger partial charge in [0.15, 0.2) is 0 Å². The second-order valence-electron chi connectivity index (χ2n) is 4.93. The largest absolute Gasteiger partial charge is 0.496 e. The van der Waals surface area contributed by atoms with Gasteiger partial charge in [0, 0.05) is 6.54 Å². The van der Waals surface area contributed by atoms with E-state index in [-0.39, 0.29) is 6.61 Å². The maximum atomic E-state index is 9.24. The minimum absolute atomic E-state index is 0.202. The van der Waals surface area contributed by atoms with Crippen LogP contribution in [0, 0.1) is 20.8 Å². The molecule has 0 aliphatic heterocycles.